The molecular formula is C14H18BrN5. The highest BCUT2D eigenvalue weighted by Gasteiger charge is 2.20. The molecule has 1 aromatic carbocycles. The van der Waals surface area contributed by atoms with E-state index in [1.807, 2.05) is 12.1 Å². The number of halogens is 1. The van der Waals surface area contributed by atoms with E-state index >= 15 is 0 Å². The average molecular weight is 336 g/mol. The number of aromatic nitrogens is 3. The number of nitrogens with two attached hydrogens (primary N) is 1. The second-order valence-electron chi connectivity index (χ2n) is 5.27. The Balaban J connectivity index is 1.88. The summed E-state index contributed by atoms with van der Waals surface area (Å²) in [5.41, 5.74) is 8.22. The average Bonchev–Trinajstić information content (AvgIpc) is 2.91. The van der Waals surface area contributed by atoms with E-state index in [4.69, 9.17) is 5.73 Å². The number of aryl methyl sites for hydroxylation is 1. The number of anilines is 1. The standard InChI is InChI=1S/C14H18BrN5/c1-9-4-2-6-11(12(9)15)13-17-14(19-18-13)20-7-3-5-10(16)8-20/h2,4,6,10H,3,5,7-8,16H2,1H3,(H,17,18,19). The van der Waals surface area contributed by atoms with Gasteiger partial charge in [-0.25, -0.2) is 0 Å². The molecule has 0 bridgehead atoms. The monoisotopic (exact) mass is 335 g/mol. The third kappa shape index (κ3) is 2.58. The van der Waals surface area contributed by atoms with Crippen LogP contribution in [0.2, 0.25) is 0 Å². The van der Waals surface area contributed by atoms with Gasteiger partial charge in [0.05, 0.1) is 0 Å². The molecule has 1 aromatic heterocycles. The van der Waals surface area contributed by atoms with Gasteiger partial charge < -0.3 is 10.6 Å². The quantitative estimate of drug-likeness (QED) is 0.884. The number of rotatable bonds is 2. The van der Waals surface area contributed by atoms with Gasteiger partial charge in [-0.15, -0.1) is 5.10 Å². The summed E-state index contributed by atoms with van der Waals surface area (Å²) in [6.07, 6.45) is 2.18. The molecule has 0 radical (unpaired) electrons. The Hall–Kier alpha value is -1.40. The van der Waals surface area contributed by atoms with E-state index in [1.165, 1.54) is 5.56 Å². The fourth-order valence-corrected chi connectivity index (χ4v) is 2.99. The first-order valence-electron chi connectivity index (χ1n) is 6.83. The summed E-state index contributed by atoms with van der Waals surface area (Å²) in [6, 6.07) is 6.34. The van der Waals surface area contributed by atoms with Gasteiger partial charge in [-0.3, -0.25) is 5.10 Å². The predicted molar refractivity (Wildman–Crippen MR) is 83.7 cm³/mol. The summed E-state index contributed by atoms with van der Waals surface area (Å²) < 4.78 is 1.05. The van der Waals surface area contributed by atoms with E-state index in [0.717, 1.165) is 47.7 Å². The minimum Gasteiger partial charge on any atom is -0.338 e. The molecule has 3 N–H and O–H groups in total. The van der Waals surface area contributed by atoms with Crippen LogP contribution in [0.15, 0.2) is 22.7 Å². The smallest absolute Gasteiger partial charge is 0.245 e. The van der Waals surface area contributed by atoms with Crippen LogP contribution < -0.4 is 10.6 Å². The first-order valence-corrected chi connectivity index (χ1v) is 7.63. The zero-order chi connectivity index (χ0) is 14.1. The maximum Gasteiger partial charge on any atom is 0.245 e. The number of hydrogen-bond acceptors (Lipinski definition) is 4. The maximum absolute atomic E-state index is 6.01. The second kappa shape index (κ2) is 5.54. The Morgan fingerprint density at radius 3 is 3.10 bits per heavy atom. The van der Waals surface area contributed by atoms with Gasteiger partial charge in [-0.2, -0.15) is 4.98 Å². The van der Waals surface area contributed by atoms with Crippen molar-refractivity contribution in [3.63, 3.8) is 0 Å². The van der Waals surface area contributed by atoms with Gasteiger partial charge in [-0.05, 0) is 41.3 Å². The normalized spacial score (nSPS) is 19.4. The Bertz CT molecular complexity index is 609. The van der Waals surface area contributed by atoms with Crippen LogP contribution in [0.5, 0.6) is 0 Å². The van der Waals surface area contributed by atoms with Crippen LogP contribution in [-0.4, -0.2) is 34.3 Å². The van der Waals surface area contributed by atoms with Gasteiger partial charge in [0.1, 0.15) is 0 Å². The molecule has 1 atom stereocenters. The summed E-state index contributed by atoms with van der Waals surface area (Å²) in [4.78, 5) is 6.76. The second-order valence-corrected chi connectivity index (χ2v) is 6.06. The lowest BCUT2D eigenvalue weighted by Gasteiger charge is -2.29. The molecule has 2 aromatic rings. The molecule has 106 valence electrons. The van der Waals surface area contributed by atoms with E-state index in [0.29, 0.717) is 0 Å². The number of benzene rings is 1. The molecule has 1 aliphatic heterocycles. The van der Waals surface area contributed by atoms with Crippen molar-refractivity contribution < 1.29 is 0 Å². The molecule has 1 unspecified atom stereocenters. The number of aromatic amines is 1. The molecule has 0 spiro atoms. The van der Waals surface area contributed by atoms with Crippen molar-refractivity contribution in [2.24, 2.45) is 5.73 Å². The van der Waals surface area contributed by atoms with E-state index in [-0.39, 0.29) is 6.04 Å². The largest absolute Gasteiger partial charge is 0.338 e. The zero-order valence-electron chi connectivity index (χ0n) is 11.4. The molecule has 5 nitrogen and oxygen atoms in total. The Kier molecular flexibility index (Phi) is 3.76. The molecule has 20 heavy (non-hydrogen) atoms. The molecule has 0 saturated carbocycles. The van der Waals surface area contributed by atoms with Gasteiger partial charge in [-0.1, -0.05) is 18.2 Å². The minimum absolute atomic E-state index is 0.219. The summed E-state index contributed by atoms with van der Waals surface area (Å²) in [5.74, 6) is 1.53. The van der Waals surface area contributed by atoms with Crippen molar-refractivity contribution in [2.45, 2.75) is 25.8 Å². The molecule has 6 heteroatoms. The van der Waals surface area contributed by atoms with Crippen molar-refractivity contribution in [1.29, 1.82) is 0 Å². The summed E-state index contributed by atoms with van der Waals surface area (Å²) >= 11 is 3.61. The molecule has 3 rings (SSSR count). The van der Waals surface area contributed by atoms with Crippen molar-refractivity contribution >= 4 is 21.9 Å². The molecule has 0 amide bonds. The topological polar surface area (TPSA) is 70.8 Å². The third-order valence-electron chi connectivity index (χ3n) is 3.66. The highest BCUT2D eigenvalue weighted by atomic mass is 79.9. The van der Waals surface area contributed by atoms with Crippen LogP contribution in [0.4, 0.5) is 5.95 Å². The molecular weight excluding hydrogens is 318 g/mol. The van der Waals surface area contributed by atoms with Crippen molar-refractivity contribution in [3.8, 4) is 11.4 Å². The molecule has 2 heterocycles. The Labute approximate surface area is 126 Å². The van der Waals surface area contributed by atoms with E-state index in [9.17, 15) is 0 Å². The predicted octanol–water partition coefficient (Wildman–Crippen LogP) is 2.47. The van der Waals surface area contributed by atoms with Crippen molar-refractivity contribution in [2.75, 3.05) is 18.0 Å². The first kappa shape index (κ1) is 13.6. The van der Waals surface area contributed by atoms with Gasteiger partial charge in [0, 0.05) is 29.2 Å². The van der Waals surface area contributed by atoms with Crippen LogP contribution >= 0.6 is 15.9 Å². The summed E-state index contributed by atoms with van der Waals surface area (Å²) in [6.45, 7) is 3.86. The third-order valence-corrected chi connectivity index (χ3v) is 4.71. The number of nitrogens with zero attached hydrogens (tertiary/aromatic N) is 3. The molecule has 1 saturated heterocycles. The SMILES string of the molecule is Cc1cccc(-c2nc(N3CCCC(N)C3)n[nH]2)c1Br. The van der Waals surface area contributed by atoms with Gasteiger partial charge in [0.25, 0.3) is 0 Å². The fraction of sp³-hybridized carbons (Fsp3) is 0.429. The van der Waals surface area contributed by atoms with Crippen molar-refractivity contribution in [1.82, 2.24) is 15.2 Å². The molecule has 0 aliphatic carbocycles. The minimum atomic E-state index is 0.219. The summed E-state index contributed by atoms with van der Waals surface area (Å²) in [7, 11) is 0. The highest BCUT2D eigenvalue weighted by Crippen LogP contribution is 2.29. The Morgan fingerprint density at radius 2 is 2.30 bits per heavy atom. The lowest BCUT2D eigenvalue weighted by atomic mass is 10.1. The van der Waals surface area contributed by atoms with Crippen LogP contribution in [-0.2, 0) is 0 Å². The number of piperidine rings is 1. The van der Waals surface area contributed by atoms with Crippen LogP contribution in [0.3, 0.4) is 0 Å². The maximum atomic E-state index is 6.01. The molecule has 1 aliphatic rings. The number of hydrogen-bond donors (Lipinski definition) is 2. The van der Waals surface area contributed by atoms with Gasteiger partial charge in [0.15, 0.2) is 5.82 Å². The lowest BCUT2D eigenvalue weighted by molar-refractivity contribution is 0.500. The first-order chi connectivity index (χ1) is 9.65. The van der Waals surface area contributed by atoms with Crippen LogP contribution in [0.1, 0.15) is 18.4 Å². The molecule has 1 fully saturated rings. The lowest BCUT2D eigenvalue weighted by Crippen LogP contribution is -2.43. The van der Waals surface area contributed by atoms with Crippen LogP contribution in [0, 0.1) is 6.92 Å². The van der Waals surface area contributed by atoms with Gasteiger partial charge in [0.2, 0.25) is 5.95 Å². The van der Waals surface area contributed by atoms with Crippen molar-refractivity contribution in [3.05, 3.63) is 28.2 Å². The highest BCUT2D eigenvalue weighted by molar-refractivity contribution is 9.10. The fourth-order valence-electron chi connectivity index (χ4n) is 2.54. The Morgan fingerprint density at radius 1 is 1.45 bits per heavy atom. The number of H-pyrrole nitrogens is 1. The van der Waals surface area contributed by atoms with Gasteiger partial charge >= 0.3 is 0 Å². The van der Waals surface area contributed by atoms with E-state index in [1.54, 1.807) is 0 Å². The van der Waals surface area contributed by atoms with E-state index in [2.05, 4.69) is 49.0 Å². The zero-order valence-corrected chi connectivity index (χ0v) is 13.0. The van der Waals surface area contributed by atoms with Crippen LogP contribution in [0.25, 0.3) is 11.4 Å². The number of nitrogens with one attached hydrogen (secondary N) is 1. The van der Waals surface area contributed by atoms with E-state index < -0.39 is 0 Å². The summed E-state index contributed by atoms with van der Waals surface area (Å²) in [5, 5.41) is 7.36.